The van der Waals surface area contributed by atoms with Crippen molar-refractivity contribution in [1.82, 2.24) is 9.97 Å². The van der Waals surface area contributed by atoms with Gasteiger partial charge in [-0.2, -0.15) is 0 Å². The Hall–Kier alpha value is -2.59. The topological polar surface area (TPSA) is 147 Å². The third-order valence-electron chi connectivity index (χ3n) is 2.57. The van der Waals surface area contributed by atoms with Gasteiger partial charge < -0.3 is 20.0 Å². The average Bonchev–Trinajstić information content (AvgIpc) is 2.84. The highest BCUT2D eigenvalue weighted by molar-refractivity contribution is 7.89. The Morgan fingerprint density at radius 3 is 2.62 bits per heavy atom. The van der Waals surface area contributed by atoms with Gasteiger partial charge in [-0.15, -0.1) is 0 Å². The van der Waals surface area contributed by atoms with Crippen LogP contribution in [0, 0.1) is 0 Å². The number of sulfonamides is 1. The molecule has 9 nitrogen and oxygen atoms in total. The lowest BCUT2D eigenvalue weighted by Gasteiger charge is -2.09. The number of benzene rings is 1. The van der Waals surface area contributed by atoms with Gasteiger partial charge in [0, 0.05) is 11.9 Å². The number of rotatable bonds is 4. The first-order valence-corrected chi connectivity index (χ1v) is 7.16. The van der Waals surface area contributed by atoms with Gasteiger partial charge in [0.1, 0.15) is 16.3 Å². The second-order valence-corrected chi connectivity index (χ2v) is 5.55. The molecule has 0 saturated carbocycles. The summed E-state index contributed by atoms with van der Waals surface area (Å²) in [5.74, 6) is -0.551. The van der Waals surface area contributed by atoms with E-state index >= 15 is 0 Å². The van der Waals surface area contributed by atoms with Crippen molar-refractivity contribution in [2.24, 2.45) is 5.14 Å². The number of amides is 1. The van der Waals surface area contributed by atoms with E-state index in [1.165, 1.54) is 25.4 Å². The Morgan fingerprint density at radius 1 is 1.38 bits per heavy atom. The number of aromatic nitrogens is 2. The molecule has 0 radical (unpaired) electrons. The zero-order valence-electron chi connectivity index (χ0n) is 10.8. The predicted octanol–water partition coefficient (Wildman–Crippen LogP) is -0.389. The van der Waals surface area contributed by atoms with Gasteiger partial charge in [-0.1, -0.05) is 0 Å². The predicted molar refractivity (Wildman–Crippen MR) is 73.7 cm³/mol. The van der Waals surface area contributed by atoms with Crippen molar-refractivity contribution in [2.75, 3.05) is 12.4 Å². The van der Waals surface area contributed by atoms with Crippen LogP contribution in [0.1, 0.15) is 10.5 Å². The summed E-state index contributed by atoms with van der Waals surface area (Å²) in [4.78, 5) is 27.0. The molecule has 5 N–H and O–H groups in total. The number of carbonyl (C=O) groups excluding carboxylic acids is 1. The van der Waals surface area contributed by atoms with Crippen LogP contribution >= 0.6 is 0 Å². The zero-order chi connectivity index (χ0) is 15.6. The Balaban J connectivity index is 2.33. The highest BCUT2D eigenvalue weighted by atomic mass is 32.2. The van der Waals surface area contributed by atoms with Gasteiger partial charge in [-0.3, -0.25) is 4.79 Å². The molecule has 0 aliphatic carbocycles. The average molecular weight is 312 g/mol. The molecule has 2 rings (SSSR count). The fourth-order valence-electron chi connectivity index (χ4n) is 1.63. The van der Waals surface area contributed by atoms with Gasteiger partial charge in [0.15, 0.2) is 0 Å². The van der Waals surface area contributed by atoms with Crippen LogP contribution in [0.25, 0.3) is 0 Å². The van der Waals surface area contributed by atoms with Crippen LogP contribution in [-0.2, 0) is 10.0 Å². The van der Waals surface area contributed by atoms with Crippen molar-refractivity contribution >= 4 is 21.6 Å². The van der Waals surface area contributed by atoms with Crippen molar-refractivity contribution < 1.29 is 17.9 Å². The lowest BCUT2D eigenvalue weighted by atomic mass is 10.3. The normalized spacial score (nSPS) is 11.1. The van der Waals surface area contributed by atoms with E-state index in [1.54, 1.807) is 0 Å². The number of nitrogens with one attached hydrogen (secondary N) is 3. The Labute approximate surface area is 119 Å². The molecule has 2 aromatic rings. The Morgan fingerprint density at radius 2 is 2.10 bits per heavy atom. The number of methoxy groups -OCH3 is 1. The van der Waals surface area contributed by atoms with Gasteiger partial charge in [0.05, 0.1) is 7.11 Å². The Kier molecular flexibility index (Phi) is 3.82. The molecule has 0 bridgehead atoms. The van der Waals surface area contributed by atoms with E-state index in [0.717, 1.165) is 6.07 Å². The van der Waals surface area contributed by atoms with Crippen LogP contribution in [-0.4, -0.2) is 31.4 Å². The SMILES string of the molecule is COc1ccc(NC(=O)c2c[nH]c(=O)[nH]2)cc1S(N)(=O)=O. The third kappa shape index (κ3) is 3.30. The summed E-state index contributed by atoms with van der Waals surface area (Å²) in [5, 5.41) is 7.51. The van der Waals surface area contributed by atoms with E-state index < -0.39 is 21.6 Å². The third-order valence-corrected chi connectivity index (χ3v) is 3.50. The summed E-state index contributed by atoms with van der Waals surface area (Å²) < 4.78 is 27.8. The van der Waals surface area contributed by atoms with Crippen LogP contribution < -0.4 is 20.9 Å². The molecule has 0 spiro atoms. The standard InChI is InChI=1S/C11H12N4O5S/c1-20-8-3-2-6(4-9(8)21(12,18)19)14-10(16)7-5-13-11(17)15-7/h2-5H,1H3,(H,14,16)(H2,12,18,19)(H2,13,15,17). The van der Waals surface area contributed by atoms with Crippen molar-refractivity contribution in [2.45, 2.75) is 4.90 Å². The minimum Gasteiger partial charge on any atom is -0.495 e. The first-order valence-electron chi connectivity index (χ1n) is 5.61. The number of carbonyl (C=O) groups is 1. The number of primary sulfonamides is 1. The van der Waals surface area contributed by atoms with E-state index in [0.29, 0.717) is 0 Å². The van der Waals surface area contributed by atoms with E-state index in [-0.39, 0.29) is 22.0 Å². The van der Waals surface area contributed by atoms with E-state index in [1.807, 2.05) is 0 Å². The molecule has 0 aliphatic heterocycles. The maximum Gasteiger partial charge on any atom is 0.323 e. The van der Waals surface area contributed by atoms with Crippen molar-refractivity contribution in [3.8, 4) is 5.75 Å². The molecule has 0 atom stereocenters. The number of aromatic amines is 2. The molecule has 1 aromatic carbocycles. The van der Waals surface area contributed by atoms with E-state index in [4.69, 9.17) is 9.88 Å². The van der Waals surface area contributed by atoms with Gasteiger partial charge in [-0.25, -0.2) is 18.4 Å². The van der Waals surface area contributed by atoms with Gasteiger partial charge >= 0.3 is 5.69 Å². The van der Waals surface area contributed by atoms with Crippen LogP contribution in [0.5, 0.6) is 5.75 Å². The quantitative estimate of drug-likeness (QED) is 0.607. The summed E-state index contributed by atoms with van der Waals surface area (Å²) in [5.41, 5.74) is -0.333. The number of anilines is 1. The van der Waals surface area contributed by atoms with E-state index in [2.05, 4.69) is 15.3 Å². The first-order chi connectivity index (χ1) is 9.81. The lowest BCUT2D eigenvalue weighted by Crippen LogP contribution is -2.16. The smallest absolute Gasteiger partial charge is 0.323 e. The highest BCUT2D eigenvalue weighted by Crippen LogP contribution is 2.26. The number of ether oxygens (including phenoxy) is 1. The molecular weight excluding hydrogens is 300 g/mol. The van der Waals surface area contributed by atoms with Crippen molar-refractivity contribution in [1.29, 1.82) is 0 Å². The van der Waals surface area contributed by atoms with Crippen LogP contribution in [0.4, 0.5) is 5.69 Å². The zero-order valence-corrected chi connectivity index (χ0v) is 11.7. The minimum absolute atomic E-state index is 0.00738. The number of H-pyrrole nitrogens is 2. The Bertz CT molecular complexity index is 836. The monoisotopic (exact) mass is 312 g/mol. The van der Waals surface area contributed by atoms with Crippen molar-refractivity contribution in [3.63, 3.8) is 0 Å². The molecule has 112 valence electrons. The van der Waals surface area contributed by atoms with Crippen LogP contribution in [0.3, 0.4) is 0 Å². The second kappa shape index (κ2) is 5.42. The molecule has 0 fully saturated rings. The molecule has 10 heteroatoms. The maximum absolute atomic E-state index is 11.8. The summed E-state index contributed by atoms with van der Waals surface area (Å²) in [6.07, 6.45) is 1.20. The molecular formula is C11H12N4O5S. The largest absolute Gasteiger partial charge is 0.495 e. The van der Waals surface area contributed by atoms with Crippen LogP contribution in [0.2, 0.25) is 0 Å². The molecule has 1 heterocycles. The number of imidazole rings is 1. The summed E-state index contributed by atoms with van der Waals surface area (Å²) in [6, 6.07) is 3.96. The van der Waals surface area contributed by atoms with Crippen molar-refractivity contribution in [3.05, 3.63) is 40.6 Å². The van der Waals surface area contributed by atoms with Gasteiger partial charge in [0.2, 0.25) is 10.0 Å². The molecule has 1 aromatic heterocycles. The molecule has 1 amide bonds. The van der Waals surface area contributed by atoms with Gasteiger partial charge in [-0.05, 0) is 18.2 Å². The van der Waals surface area contributed by atoms with Crippen LogP contribution in [0.15, 0.2) is 34.1 Å². The van der Waals surface area contributed by atoms with E-state index in [9.17, 15) is 18.0 Å². The molecule has 21 heavy (non-hydrogen) atoms. The van der Waals surface area contributed by atoms with Gasteiger partial charge in [0.25, 0.3) is 5.91 Å². The molecule has 0 aliphatic rings. The maximum atomic E-state index is 11.8. The number of hydrogen-bond acceptors (Lipinski definition) is 5. The molecule has 0 unspecified atom stereocenters. The first kappa shape index (κ1) is 14.8. The highest BCUT2D eigenvalue weighted by Gasteiger charge is 2.17. The summed E-state index contributed by atoms with van der Waals surface area (Å²) in [6.45, 7) is 0. The number of nitrogens with two attached hydrogens (primary N) is 1. The fraction of sp³-hybridized carbons (Fsp3) is 0.0909. The summed E-state index contributed by atoms with van der Waals surface area (Å²) >= 11 is 0. The fourth-order valence-corrected chi connectivity index (χ4v) is 2.35. The lowest BCUT2D eigenvalue weighted by molar-refractivity contribution is 0.102. The summed E-state index contributed by atoms with van der Waals surface area (Å²) in [7, 11) is -2.71. The minimum atomic E-state index is -4.00. The number of hydrogen-bond donors (Lipinski definition) is 4. The molecule has 0 saturated heterocycles. The second-order valence-electron chi connectivity index (χ2n) is 4.02.